The minimum atomic E-state index is -4.76. The predicted octanol–water partition coefficient (Wildman–Crippen LogP) is 4.37. The Hall–Kier alpha value is -3.04. The third-order valence-corrected chi connectivity index (χ3v) is 7.30. The molecule has 1 saturated carbocycles. The summed E-state index contributed by atoms with van der Waals surface area (Å²) in [4.78, 5) is 7.57. The molecule has 7 nitrogen and oxygen atoms in total. The number of halogens is 4. The van der Waals surface area contributed by atoms with Crippen molar-refractivity contribution in [2.75, 3.05) is 0 Å². The molecule has 1 fully saturated rings. The van der Waals surface area contributed by atoms with Gasteiger partial charge in [0, 0.05) is 11.4 Å². The maximum absolute atomic E-state index is 14.3. The van der Waals surface area contributed by atoms with Crippen LogP contribution in [0.5, 0.6) is 0 Å². The lowest BCUT2D eigenvalue weighted by atomic mass is 9.92. The Balaban J connectivity index is 1.82. The van der Waals surface area contributed by atoms with Gasteiger partial charge in [0.15, 0.2) is 5.82 Å². The number of nitriles is 1. The highest BCUT2D eigenvalue weighted by atomic mass is 32.2. The zero-order valence-electron chi connectivity index (χ0n) is 17.6. The van der Waals surface area contributed by atoms with Gasteiger partial charge in [-0.15, -0.1) is 0 Å². The Labute approximate surface area is 187 Å². The maximum atomic E-state index is 14.3. The third kappa shape index (κ3) is 4.06. The van der Waals surface area contributed by atoms with Crippen molar-refractivity contribution in [2.45, 2.75) is 56.3 Å². The van der Waals surface area contributed by atoms with Gasteiger partial charge in [0.25, 0.3) is 0 Å². The summed E-state index contributed by atoms with van der Waals surface area (Å²) in [7, 11) is -4.53. The number of nitrogens with one attached hydrogen (secondary N) is 1. The monoisotopic (exact) mass is 481 g/mol. The Kier molecular flexibility index (Phi) is 5.66. The quantitative estimate of drug-likeness (QED) is 0.546. The second-order valence-electron chi connectivity index (χ2n) is 8.04. The van der Waals surface area contributed by atoms with Crippen molar-refractivity contribution in [2.24, 2.45) is 0 Å². The fraction of sp³-hybridized carbons (Fsp3) is 0.381. The maximum Gasteiger partial charge on any atom is 0.404 e. The summed E-state index contributed by atoms with van der Waals surface area (Å²) in [6.07, 6.45) is -0.319. The Morgan fingerprint density at radius 3 is 2.39 bits per heavy atom. The van der Waals surface area contributed by atoms with E-state index in [1.165, 1.54) is 6.07 Å². The van der Waals surface area contributed by atoms with E-state index in [1.54, 1.807) is 17.7 Å². The summed E-state index contributed by atoms with van der Waals surface area (Å²) in [6, 6.07) is 2.74. The number of aryl methyl sites for hydroxylation is 1. The van der Waals surface area contributed by atoms with E-state index in [0.717, 1.165) is 31.7 Å². The molecular formula is C21H19F4N5O2S. The molecule has 0 amide bonds. The molecule has 174 valence electrons. The van der Waals surface area contributed by atoms with Crippen molar-refractivity contribution in [3.63, 3.8) is 0 Å². The molecular weight excluding hydrogens is 462 g/mol. The van der Waals surface area contributed by atoms with Crippen LogP contribution in [0.2, 0.25) is 0 Å². The molecule has 1 aliphatic carbocycles. The molecule has 33 heavy (non-hydrogen) atoms. The number of benzene rings is 1. The van der Waals surface area contributed by atoms with Gasteiger partial charge >= 0.3 is 6.18 Å². The fourth-order valence-electron chi connectivity index (χ4n) is 3.74. The van der Waals surface area contributed by atoms with E-state index in [9.17, 15) is 31.2 Å². The minimum absolute atomic E-state index is 0.0236. The predicted molar refractivity (Wildman–Crippen MR) is 111 cm³/mol. The Morgan fingerprint density at radius 1 is 1.24 bits per heavy atom. The highest BCUT2D eigenvalue weighted by Crippen LogP contribution is 2.42. The zero-order valence-corrected chi connectivity index (χ0v) is 18.4. The molecule has 1 aromatic carbocycles. The number of rotatable bonds is 5. The second kappa shape index (κ2) is 8.07. The van der Waals surface area contributed by atoms with Crippen LogP contribution in [0.25, 0.3) is 22.4 Å². The molecule has 0 spiro atoms. The molecule has 0 saturated heterocycles. The van der Waals surface area contributed by atoms with Crippen molar-refractivity contribution in [1.82, 2.24) is 19.3 Å². The molecule has 3 aromatic rings. The highest BCUT2D eigenvalue weighted by molar-refractivity contribution is 7.89. The zero-order chi connectivity index (χ0) is 24.1. The Bertz CT molecular complexity index is 1370. The van der Waals surface area contributed by atoms with Crippen LogP contribution >= 0.6 is 0 Å². The SMILES string of the molecule is Cc1cc2c(cc1F)c(C#N)c(-c1ncc(S(=O)(=O)N[C@@H](C)C(F)(F)F)cn1)n2C1CCC1. The van der Waals surface area contributed by atoms with E-state index in [-0.39, 0.29) is 17.4 Å². The number of nitrogens with zero attached hydrogens (tertiary/aromatic N) is 4. The van der Waals surface area contributed by atoms with Gasteiger partial charge in [-0.3, -0.25) is 0 Å². The summed E-state index contributed by atoms with van der Waals surface area (Å²) < 4.78 is 80.6. The van der Waals surface area contributed by atoms with Crippen LogP contribution < -0.4 is 4.72 Å². The van der Waals surface area contributed by atoms with Gasteiger partial charge in [-0.2, -0.15) is 23.2 Å². The lowest BCUT2D eigenvalue weighted by molar-refractivity contribution is -0.147. The lowest BCUT2D eigenvalue weighted by Gasteiger charge is -2.29. The van der Waals surface area contributed by atoms with Crippen LogP contribution in [0.15, 0.2) is 29.4 Å². The third-order valence-electron chi connectivity index (χ3n) is 5.81. The molecule has 1 aliphatic rings. The normalized spacial score (nSPS) is 15.9. The number of hydrogen-bond donors (Lipinski definition) is 1. The molecule has 1 N–H and O–H groups in total. The summed E-state index contributed by atoms with van der Waals surface area (Å²) in [5, 5.41) is 10.2. The first kappa shape index (κ1) is 23.1. The van der Waals surface area contributed by atoms with Crippen molar-refractivity contribution in [3.05, 3.63) is 41.5 Å². The number of hydrogen-bond acceptors (Lipinski definition) is 5. The fourth-order valence-corrected chi connectivity index (χ4v) is 4.85. The Morgan fingerprint density at radius 2 is 1.88 bits per heavy atom. The van der Waals surface area contributed by atoms with Crippen LogP contribution in [-0.4, -0.2) is 35.2 Å². The van der Waals surface area contributed by atoms with E-state index in [2.05, 4.69) is 16.0 Å². The molecule has 1 atom stereocenters. The van der Waals surface area contributed by atoms with Crippen LogP contribution in [0.1, 0.15) is 43.4 Å². The average Bonchev–Trinajstić information content (AvgIpc) is 2.99. The van der Waals surface area contributed by atoms with E-state index in [0.29, 0.717) is 29.1 Å². The van der Waals surface area contributed by atoms with Crippen LogP contribution in [0, 0.1) is 24.1 Å². The molecule has 2 heterocycles. The summed E-state index contributed by atoms with van der Waals surface area (Å²) in [5.74, 6) is -0.445. The number of sulfonamides is 1. The topological polar surface area (TPSA) is 101 Å². The van der Waals surface area contributed by atoms with Gasteiger partial charge < -0.3 is 4.57 Å². The van der Waals surface area contributed by atoms with Crippen LogP contribution in [0.4, 0.5) is 17.6 Å². The van der Waals surface area contributed by atoms with Gasteiger partial charge in [0.1, 0.15) is 28.5 Å². The molecule has 2 aromatic heterocycles. The van der Waals surface area contributed by atoms with Gasteiger partial charge in [-0.1, -0.05) is 0 Å². The lowest BCUT2D eigenvalue weighted by Crippen LogP contribution is -2.43. The van der Waals surface area contributed by atoms with Gasteiger partial charge in [-0.25, -0.2) is 22.8 Å². The van der Waals surface area contributed by atoms with E-state index in [1.807, 2.05) is 4.57 Å². The van der Waals surface area contributed by atoms with E-state index in [4.69, 9.17) is 0 Å². The number of aromatic nitrogens is 3. The number of fused-ring (bicyclic) bond motifs is 1. The molecule has 0 radical (unpaired) electrons. The van der Waals surface area contributed by atoms with Crippen molar-refractivity contribution in [1.29, 1.82) is 5.26 Å². The van der Waals surface area contributed by atoms with E-state index >= 15 is 0 Å². The van der Waals surface area contributed by atoms with Crippen molar-refractivity contribution < 1.29 is 26.0 Å². The first-order valence-corrected chi connectivity index (χ1v) is 11.6. The average molecular weight is 481 g/mol. The smallest absolute Gasteiger partial charge is 0.334 e. The van der Waals surface area contributed by atoms with Gasteiger partial charge in [0.05, 0.1) is 23.5 Å². The first-order chi connectivity index (χ1) is 15.4. The van der Waals surface area contributed by atoms with Crippen molar-refractivity contribution in [3.8, 4) is 17.6 Å². The van der Waals surface area contributed by atoms with E-state index < -0.39 is 33.0 Å². The van der Waals surface area contributed by atoms with Crippen LogP contribution in [-0.2, 0) is 10.0 Å². The highest BCUT2D eigenvalue weighted by Gasteiger charge is 2.39. The number of alkyl halides is 3. The van der Waals surface area contributed by atoms with Gasteiger partial charge in [0.2, 0.25) is 10.0 Å². The molecule has 0 aliphatic heterocycles. The molecule has 0 unspecified atom stereocenters. The summed E-state index contributed by atoms with van der Waals surface area (Å²) >= 11 is 0. The summed E-state index contributed by atoms with van der Waals surface area (Å²) in [5.41, 5.74) is 1.52. The summed E-state index contributed by atoms with van der Waals surface area (Å²) in [6.45, 7) is 2.30. The van der Waals surface area contributed by atoms with Crippen LogP contribution in [0.3, 0.4) is 0 Å². The van der Waals surface area contributed by atoms with Crippen molar-refractivity contribution >= 4 is 20.9 Å². The minimum Gasteiger partial charge on any atom is -0.334 e. The molecule has 0 bridgehead atoms. The van der Waals surface area contributed by atoms with Gasteiger partial charge in [-0.05, 0) is 50.8 Å². The molecule has 4 rings (SSSR count). The molecule has 12 heteroatoms. The second-order valence-corrected chi connectivity index (χ2v) is 9.75. The first-order valence-electron chi connectivity index (χ1n) is 10.1. The largest absolute Gasteiger partial charge is 0.404 e. The standard InChI is InChI=1S/C21H19F4N5O2S/c1-11-6-18-15(7-17(11)22)16(8-26)19(30(18)13-4-3-5-13)20-27-9-14(10-28-20)33(31,32)29-12(2)21(23,24)25/h6-7,9-10,12-13,29H,3-5H2,1-2H3/t12-/m0/s1.